The minimum absolute atomic E-state index is 0.0198. The predicted octanol–water partition coefficient (Wildman–Crippen LogP) is -19.2. The van der Waals surface area contributed by atoms with E-state index >= 15 is 0 Å². The normalized spacial score (nSPS) is 43.1. The summed E-state index contributed by atoms with van der Waals surface area (Å²) in [6, 6.07) is 0. The lowest BCUT2D eigenvalue weighted by molar-refractivity contribution is -0.351. The van der Waals surface area contributed by atoms with Crippen LogP contribution in [0, 0.1) is 11.8 Å². The number of aliphatic hydroxyl groups excluding tert-OH is 31. The van der Waals surface area contributed by atoms with Crippen LogP contribution in [0.1, 0.15) is 33.1 Å². The molecule has 37 N–H and O–H groups in total. The highest BCUT2D eigenvalue weighted by atomic mass is 32.2. The maximum atomic E-state index is 11.5. The van der Waals surface area contributed by atoms with Gasteiger partial charge >= 0.3 is 0 Å². The summed E-state index contributed by atoms with van der Waals surface area (Å²) in [6.45, 7) is -3.52. The Morgan fingerprint density at radius 1 is 0.273 bits per heavy atom. The zero-order valence-electron chi connectivity index (χ0n) is 82.6. The zero-order valence-corrected chi connectivity index (χ0v) is 87.5. The molecule has 10 heterocycles. The molecule has 10 aliphatic rings. The zero-order chi connectivity index (χ0) is 110. The van der Waals surface area contributed by atoms with E-state index in [4.69, 9.17) is 131 Å². The van der Waals surface area contributed by atoms with Gasteiger partial charge in [-0.25, -0.2) is 0 Å². The van der Waals surface area contributed by atoms with E-state index in [0.29, 0.717) is 0 Å². The molecule has 10 fully saturated rings. The van der Waals surface area contributed by atoms with Gasteiger partial charge in [-0.15, -0.1) is 35.3 Å². The highest BCUT2D eigenvalue weighted by Gasteiger charge is 2.58. The van der Waals surface area contributed by atoms with Crippen molar-refractivity contribution in [3.05, 3.63) is 0 Å². The molecule has 0 aliphatic carbocycles. The van der Waals surface area contributed by atoms with Crippen LogP contribution in [-0.2, 0) is 94.7 Å². The van der Waals surface area contributed by atoms with E-state index in [1.807, 2.05) is 4.90 Å². The van der Waals surface area contributed by atoms with E-state index in [9.17, 15) is 158 Å². The molecule has 0 aromatic carbocycles. The fourth-order valence-electron chi connectivity index (χ4n) is 18.3. The molecule has 0 saturated carbocycles. The lowest BCUT2D eigenvalue weighted by Gasteiger charge is -2.46. The van der Waals surface area contributed by atoms with Crippen LogP contribution in [0.4, 0.5) is 0 Å². The maximum Gasteiger partial charge on any atom is 0.187 e. The number of ether oxygens (including phenoxy) is 20. The first kappa shape index (κ1) is 130. The predicted molar refractivity (Wildman–Crippen MR) is 522 cm³/mol. The first-order valence-corrected chi connectivity index (χ1v) is 53.7. The average Bonchev–Trinajstić information content (AvgIpc) is 0.796. The quantitative estimate of drug-likeness (QED) is 0.0199. The molecule has 0 aromatic rings. The number of thiocarbonyl (C=S) groups is 3. The summed E-state index contributed by atoms with van der Waals surface area (Å²) >= 11 is 20.6. The molecule has 0 amide bonds. The number of aliphatic hydroxyl groups is 31. The van der Waals surface area contributed by atoms with E-state index in [1.54, 1.807) is 13.8 Å². The van der Waals surface area contributed by atoms with Crippen LogP contribution in [0.5, 0.6) is 0 Å². The van der Waals surface area contributed by atoms with Gasteiger partial charge in [-0.2, -0.15) is 0 Å². The molecule has 10 rings (SSSR count). The Morgan fingerprint density at radius 2 is 0.507 bits per heavy atom. The van der Waals surface area contributed by atoms with Gasteiger partial charge in [0.2, 0.25) is 0 Å². The van der Waals surface area contributed by atoms with Crippen molar-refractivity contribution in [2.45, 2.75) is 331 Å². The Kier molecular flexibility index (Phi) is 54.5. The second kappa shape index (κ2) is 63.0. The van der Waals surface area contributed by atoms with Crippen molar-refractivity contribution in [2.75, 3.05) is 176 Å². The smallest absolute Gasteiger partial charge is 0.187 e. The minimum Gasteiger partial charge on any atom is -0.394 e. The van der Waals surface area contributed by atoms with Gasteiger partial charge < -0.3 is 285 Å². The third kappa shape index (κ3) is 33.9. The molecule has 58 nitrogen and oxygen atoms in total. The Labute approximate surface area is 891 Å². The highest BCUT2D eigenvalue weighted by Crippen LogP contribution is 2.41. The van der Waals surface area contributed by atoms with Crippen molar-refractivity contribution >= 4 is 87.3 Å². The number of rotatable bonds is 55. The monoisotopic (exact) mass is 2290 g/mol. The Bertz CT molecular complexity index is 3560. The number of methoxy groups -OCH3 is 2. The number of hydrogen-bond acceptors (Lipinski definition) is 58. The summed E-state index contributed by atoms with van der Waals surface area (Å²) in [6.07, 6.45) is -71.7. The molecule has 150 heavy (non-hydrogen) atoms. The van der Waals surface area contributed by atoms with Crippen molar-refractivity contribution in [2.24, 2.45) is 11.8 Å². The lowest BCUT2D eigenvalue weighted by atomic mass is 9.90. The van der Waals surface area contributed by atoms with Gasteiger partial charge in [-0.05, 0) is 73.2 Å². The molecule has 64 heteroatoms. The largest absolute Gasteiger partial charge is 0.394 e. The molecule has 0 aromatic heterocycles. The van der Waals surface area contributed by atoms with Crippen molar-refractivity contribution in [3.8, 4) is 0 Å². The summed E-state index contributed by atoms with van der Waals surface area (Å²) in [5.41, 5.74) is -5.22. The topological polar surface area (TPSA) is 887 Å². The molecule has 876 valence electrons. The lowest BCUT2D eigenvalue weighted by Crippen LogP contribution is -2.64. The maximum absolute atomic E-state index is 11.5. The van der Waals surface area contributed by atoms with Gasteiger partial charge in [-0.3, -0.25) is 4.90 Å². The summed E-state index contributed by atoms with van der Waals surface area (Å²) in [7, 11) is 2.42. The summed E-state index contributed by atoms with van der Waals surface area (Å²) in [4.78, 5) is 1.95. The van der Waals surface area contributed by atoms with E-state index in [0.717, 1.165) is 35.3 Å². The van der Waals surface area contributed by atoms with Gasteiger partial charge in [0, 0.05) is 98.2 Å². The fourth-order valence-corrected chi connectivity index (χ4v) is 22.3. The van der Waals surface area contributed by atoms with Gasteiger partial charge in [0.15, 0.2) is 59.4 Å². The highest BCUT2D eigenvalue weighted by molar-refractivity contribution is 8.00. The number of thioether (sulfide) groups is 3. The van der Waals surface area contributed by atoms with Crippen LogP contribution in [0.2, 0.25) is 0 Å². The standard InChI is InChI=1S/C86H155N7O51S6/c1-33-35(130-75(58(115)45(33)102)140-68-40(25-97)135-73(125-3)63(120)53(68)110)20-90-83(145)87-8-11-93(12-9-88-84(146)91-21-36-34(2)46(103)59(116)76(131-36)141-69-41(26-98)136-74(126-4)64(121)54(69)111)13-10-89-85(147)92-86(30-127-14-5-17-148-80-65(122)55(112)70(42(27-99)137-80)142-77-60(117)50(107)47(104)37(22-94)132-77,31-128-15-6-18-149-81-66(123)56(113)71(43(28-100)138-81)143-78-61(118)51(108)48(105)38(23-95)133-78)32-129-16-7-19-150-82-67(124)57(114)72(44(29-101)139-82)144-79-62(119)52(109)49(106)39(24-96)134-79/h33-82,94-124H,5-32H2,1-4H3,(H2,87,90,145)(H2,88,91,146)(H2,89,92,147)/t33?,34?,35?,36?,37?,38?,39?,40?,41?,42?,43?,44?,45?,46?,47-,48-,49-,50-,51-,52-,53?,54?,55+,56+,57+,58?,59?,60?,61?,62?,63?,64?,65?,66?,67?,68?,69?,70-,71-,72-,73+,74+,75-,76-,77-,78-,79-,80-,81-,82-,86?/m0/s1. The molecule has 50 atom stereocenters. The first-order chi connectivity index (χ1) is 71.5. The third-order valence-electron chi connectivity index (χ3n) is 27.4. The van der Waals surface area contributed by atoms with E-state index in [1.165, 1.54) is 14.2 Å². The SMILES string of the molecule is CO[C@@H]1OC(CO)C(O[C@@H]2OC(CNC(=S)NCCN(CCNC(=S)NCC3O[C@@H](OC4C(CO)O[C@@H](OC)C(O)C4O)C(O)C(O)C3C)CCNC(=S)NC(COCCCS[C@@H]3OC(CO)[C@H](O[C@@H]4OC(CO)[C@H](O)[C@H](O)C4O)[C@H](O)C3O)(COCCCS[C@@H]3OC(CO)[C@H](O[C@@H]4OC(CO)[C@H](O)[C@H](O)C4O)[C@H](O)C3O)COCCCS[C@@H]3OC(CO)[C@H](O[C@@H]4OC(CO)[C@H](O)[C@H](O)C4O)[C@H](O)C3O)C(C)C(O)C2O)C(O)C1O. The Morgan fingerprint density at radius 3 is 0.773 bits per heavy atom. The van der Waals surface area contributed by atoms with Crippen LogP contribution in [-0.4, -0.2) is 653 Å². The van der Waals surface area contributed by atoms with Gasteiger partial charge in [-0.1, -0.05) is 13.8 Å². The minimum atomic E-state index is -1.92. The Balaban J connectivity index is 0.851. The molecule has 10 saturated heterocycles. The van der Waals surface area contributed by atoms with Crippen LogP contribution in [0.3, 0.4) is 0 Å². The second-order valence-corrected chi connectivity index (χ2v) is 42.8. The van der Waals surface area contributed by atoms with E-state index in [2.05, 4.69) is 31.9 Å². The molecule has 0 spiro atoms. The summed E-state index contributed by atoms with van der Waals surface area (Å²) in [5, 5.41) is 352. The average molecular weight is 2300 g/mol. The molecule has 28 unspecified atom stereocenters. The molecule has 10 aliphatic heterocycles. The summed E-state index contributed by atoms with van der Waals surface area (Å²) in [5.74, 6) is -1.14. The number of nitrogens with zero attached hydrogens (tertiary/aromatic N) is 1. The van der Waals surface area contributed by atoms with Crippen LogP contribution >= 0.6 is 71.9 Å². The van der Waals surface area contributed by atoms with Gasteiger partial charge in [0.05, 0.1) is 97.1 Å². The third-order valence-corrected chi connectivity index (χ3v) is 32.0. The van der Waals surface area contributed by atoms with Crippen molar-refractivity contribution in [1.29, 1.82) is 0 Å². The van der Waals surface area contributed by atoms with Gasteiger partial charge in [0.1, 0.15) is 229 Å². The van der Waals surface area contributed by atoms with Gasteiger partial charge in [0.25, 0.3) is 0 Å². The van der Waals surface area contributed by atoms with Crippen LogP contribution in [0.15, 0.2) is 0 Å². The number of hydrogen-bond donors (Lipinski definition) is 37. The van der Waals surface area contributed by atoms with E-state index < -0.39 is 363 Å². The number of nitrogens with one attached hydrogen (secondary N) is 6. The molecule has 0 radical (unpaired) electrons. The van der Waals surface area contributed by atoms with Crippen molar-refractivity contribution < 1.29 is 253 Å². The summed E-state index contributed by atoms with van der Waals surface area (Å²) < 4.78 is 117. The van der Waals surface area contributed by atoms with Crippen molar-refractivity contribution in [1.82, 2.24) is 36.8 Å². The van der Waals surface area contributed by atoms with E-state index in [-0.39, 0.29) is 144 Å². The fraction of sp³-hybridized carbons (Fsp3) is 0.965. The first-order valence-electron chi connectivity index (χ1n) is 49.3. The Hall–Kier alpha value is -1.96. The molecular weight excluding hydrogens is 2140 g/mol. The molecule has 0 bridgehead atoms. The van der Waals surface area contributed by atoms with Crippen LogP contribution in [0.25, 0.3) is 0 Å². The molecular formula is C86H155N7O51S6. The van der Waals surface area contributed by atoms with Crippen LogP contribution < -0.4 is 31.9 Å². The second-order valence-electron chi connectivity index (χ2n) is 38.0. The van der Waals surface area contributed by atoms with Crippen molar-refractivity contribution in [3.63, 3.8) is 0 Å².